The summed E-state index contributed by atoms with van der Waals surface area (Å²) < 4.78 is 0. The van der Waals surface area contributed by atoms with Gasteiger partial charge in [-0.15, -0.1) is 0 Å². The second-order valence-corrected chi connectivity index (χ2v) is 4.14. The summed E-state index contributed by atoms with van der Waals surface area (Å²) in [5.74, 6) is 0. The summed E-state index contributed by atoms with van der Waals surface area (Å²) >= 11 is 0. The second kappa shape index (κ2) is 9.47. The van der Waals surface area contributed by atoms with Crippen LogP contribution in [0, 0.1) is 0 Å². The van der Waals surface area contributed by atoms with Crippen molar-refractivity contribution in [2.45, 2.75) is 65.0 Å². The highest BCUT2D eigenvalue weighted by Gasteiger charge is 2.06. The van der Waals surface area contributed by atoms with Crippen molar-refractivity contribution in [3.63, 3.8) is 0 Å². The molecule has 0 aromatic carbocycles. The maximum atomic E-state index is 9.49. The minimum absolute atomic E-state index is 0.245. The molecule has 0 spiro atoms. The van der Waals surface area contributed by atoms with E-state index < -0.39 is 0 Å². The molecular formula is C12H27NO. The third-order valence-electron chi connectivity index (χ3n) is 2.74. The number of aliphatic hydroxyl groups is 1. The Balaban J connectivity index is 3.18. The summed E-state index contributed by atoms with van der Waals surface area (Å²) in [4.78, 5) is 2.04. The van der Waals surface area contributed by atoms with Crippen molar-refractivity contribution in [2.75, 3.05) is 13.6 Å². The highest BCUT2D eigenvalue weighted by atomic mass is 16.3. The first kappa shape index (κ1) is 13.9. The van der Waals surface area contributed by atoms with Crippen molar-refractivity contribution >= 4 is 0 Å². The zero-order valence-corrected chi connectivity index (χ0v) is 10.1. The highest BCUT2D eigenvalue weighted by Crippen LogP contribution is 2.06. The molecule has 0 aromatic rings. The lowest BCUT2D eigenvalue weighted by atomic mass is 10.1. The van der Waals surface area contributed by atoms with Crippen LogP contribution >= 0.6 is 0 Å². The first-order chi connectivity index (χ1) is 6.72. The van der Waals surface area contributed by atoms with Gasteiger partial charge < -0.3 is 5.11 Å². The summed E-state index contributed by atoms with van der Waals surface area (Å²) in [5, 5.41) is 9.49. The summed E-state index contributed by atoms with van der Waals surface area (Å²) in [5.41, 5.74) is 0. The zero-order valence-electron chi connectivity index (χ0n) is 10.1. The van der Waals surface area contributed by atoms with Crippen LogP contribution < -0.4 is 0 Å². The third kappa shape index (κ3) is 7.34. The molecule has 0 rings (SSSR count). The molecule has 0 aliphatic heterocycles. The van der Waals surface area contributed by atoms with Crippen LogP contribution in [0.3, 0.4) is 0 Å². The lowest BCUT2D eigenvalue weighted by molar-refractivity contribution is 0.0187. The summed E-state index contributed by atoms with van der Waals surface area (Å²) in [6.07, 6.45) is 8.51. The molecule has 2 heteroatoms. The van der Waals surface area contributed by atoms with Crippen molar-refractivity contribution in [1.82, 2.24) is 4.90 Å². The van der Waals surface area contributed by atoms with Crippen LogP contribution in [-0.4, -0.2) is 29.8 Å². The normalized spacial score (nSPS) is 13.5. The van der Waals surface area contributed by atoms with E-state index in [1.807, 2.05) is 18.9 Å². The Bertz CT molecular complexity index is 117. The largest absolute Gasteiger partial charge is 0.378 e. The van der Waals surface area contributed by atoms with Gasteiger partial charge in [0.05, 0.1) is 0 Å². The van der Waals surface area contributed by atoms with E-state index in [4.69, 9.17) is 0 Å². The van der Waals surface area contributed by atoms with Gasteiger partial charge in [0.2, 0.25) is 0 Å². The first-order valence-electron chi connectivity index (χ1n) is 6.10. The van der Waals surface area contributed by atoms with Gasteiger partial charge in [0.1, 0.15) is 6.23 Å². The summed E-state index contributed by atoms with van der Waals surface area (Å²) in [6, 6.07) is 0. The van der Waals surface area contributed by atoms with Gasteiger partial charge in [0, 0.05) is 6.54 Å². The van der Waals surface area contributed by atoms with Gasteiger partial charge in [-0.3, -0.25) is 4.90 Å². The number of hydrogen-bond donors (Lipinski definition) is 1. The molecule has 1 N–H and O–H groups in total. The first-order valence-corrected chi connectivity index (χ1v) is 6.10. The van der Waals surface area contributed by atoms with E-state index >= 15 is 0 Å². The second-order valence-electron chi connectivity index (χ2n) is 4.14. The SMILES string of the molecule is CCCCCCCCN(C)C(O)CC. The molecule has 0 bridgehead atoms. The zero-order chi connectivity index (χ0) is 10.8. The molecular weight excluding hydrogens is 174 g/mol. The van der Waals surface area contributed by atoms with Crippen molar-refractivity contribution in [3.05, 3.63) is 0 Å². The number of rotatable bonds is 9. The molecule has 1 unspecified atom stereocenters. The van der Waals surface area contributed by atoms with Crippen LogP contribution in [0.5, 0.6) is 0 Å². The fourth-order valence-electron chi connectivity index (χ4n) is 1.60. The van der Waals surface area contributed by atoms with E-state index in [0.29, 0.717) is 0 Å². The maximum absolute atomic E-state index is 9.49. The fraction of sp³-hybridized carbons (Fsp3) is 1.00. The molecule has 0 aromatic heterocycles. The smallest absolute Gasteiger partial charge is 0.106 e. The summed E-state index contributed by atoms with van der Waals surface area (Å²) in [6.45, 7) is 5.29. The molecule has 14 heavy (non-hydrogen) atoms. The van der Waals surface area contributed by atoms with Gasteiger partial charge in [0.25, 0.3) is 0 Å². The number of nitrogens with zero attached hydrogens (tertiary/aromatic N) is 1. The molecule has 0 saturated carbocycles. The number of unbranched alkanes of at least 4 members (excludes halogenated alkanes) is 5. The Hall–Kier alpha value is -0.0800. The Labute approximate surface area is 89.3 Å². The Morgan fingerprint density at radius 2 is 1.57 bits per heavy atom. The van der Waals surface area contributed by atoms with Gasteiger partial charge in [-0.05, 0) is 19.9 Å². The van der Waals surface area contributed by atoms with E-state index in [2.05, 4.69) is 6.92 Å². The molecule has 0 aliphatic rings. The van der Waals surface area contributed by atoms with Crippen molar-refractivity contribution in [1.29, 1.82) is 0 Å². The number of aliphatic hydroxyl groups excluding tert-OH is 1. The third-order valence-corrected chi connectivity index (χ3v) is 2.74. The Kier molecular flexibility index (Phi) is 9.42. The van der Waals surface area contributed by atoms with E-state index in [1.54, 1.807) is 0 Å². The number of hydrogen-bond acceptors (Lipinski definition) is 2. The lowest BCUT2D eigenvalue weighted by Crippen LogP contribution is -2.31. The molecule has 1 atom stereocenters. The van der Waals surface area contributed by atoms with E-state index in [9.17, 15) is 5.11 Å². The van der Waals surface area contributed by atoms with E-state index in [0.717, 1.165) is 13.0 Å². The predicted octanol–water partition coefficient (Wildman–Crippen LogP) is 3.01. The minimum Gasteiger partial charge on any atom is -0.378 e. The molecule has 0 saturated heterocycles. The van der Waals surface area contributed by atoms with Gasteiger partial charge >= 0.3 is 0 Å². The Morgan fingerprint density at radius 3 is 2.14 bits per heavy atom. The quantitative estimate of drug-likeness (QED) is 0.458. The van der Waals surface area contributed by atoms with Crippen LogP contribution in [0.4, 0.5) is 0 Å². The minimum atomic E-state index is -0.245. The van der Waals surface area contributed by atoms with Gasteiger partial charge in [-0.2, -0.15) is 0 Å². The molecule has 86 valence electrons. The highest BCUT2D eigenvalue weighted by molar-refractivity contribution is 4.55. The van der Waals surface area contributed by atoms with Crippen molar-refractivity contribution in [2.24, 2.45) is 0 Å². The Morgan fingerprint density at radius 1 is 1.00 bits per heavy atom. The molecule has 0 aliphatic carbocycles. The van der Waals surface area contributed by atoms with E-state index in [1.165, 1.54) is 38.5 Å². The molecule has 0 heterocycles. The average Bonchev–Trinajstić information content (AvgIpc) is 2.21. The van der Waals surface area contributed by atoms with Gasteiger partial charge in [0.15, 0.2) is 0 Å². The molecule has 2 nitrogen and oxygen atoms in total. The standard InChI is InChI=1S/C12H27NO/c1-4-6-7-8-9-10-11-13(3)12(14)5-2/h12,14H,4-11H2,1-3H3. The van der Waals surface area contributed by atoms with Crippen LogP contribution in [0.25, 0.3) is 0 Å². The molecule has 0 radical (unpaired) electrons. The fourth-order valence-corrected chi connectivity index (χ4v) is 1.60. The van der Waals surface area contributed by atoms with E-state index in [-0.39, 0.29) is 6.23 Å². The van der Waals surface area contributed by atoms with Crippen molar-refractivity contribution in [3.8, 4) is 0 Å². The summed E-state index contributed by atoms with van der Waals surface area (Å²) in [7, 11) is 2.00. The van der Waals surface area contributed by atoms with Crippen LogP contribution in [0.1, 0.15) is 58.8 Å². The maximum Gasteiger partial charge on any atom is 0.106 e. The predicted molar refractivity (Wildman–Crippen MR) is 62.3 cm³/mol. The average molecular weight is 201 g/mol. The van der Waals surface area contributed by atoms with Crippen LogP contribution in [0.2, 0.25) is 0 Å². The monoisotopic (exact) mass is 201 g/mol. The molecule has 0 fully saturated rings. The topological polar surface area (TPSA) is 23.5 Å². The molecule has 0 amide bonds. The van der Waals surface area contributed by atoms with Crippen molar-refractivity contribution < 1.29 is 5.11 Å². The van der Waals surface area contributed by atoms with Gasteiger partial charge in [-0.1, -0.05) is 46.0 Å². The lowest BCUT2D eigenvalue weighted by Gasteiger charge is -2.21. The van der Waals surface area contributed by atoms with Crippen LogP contribution in [0.15, 0.2) is 0 Å². The van der Waals surface area contributed by atoms with Gasteiger partial charge in [-0.25, -0.2) is 0 Å². The van der Waals surface area contributed by atoms with Crippen LogP contribution in [-0.2, 0) is 0 Å².